The monoisotopic (exact) mass is 427 g/mol. The molecule has 0 spiro atoms. The van der Waals surface area contributed by atoms with Gasteiger partial charge in [-0.2, -0.15) is 4.98 Å². The van der Waals surface area contributed by atoms with E-state index in [9.17, 15) is 0 Å². The van der Waals surface area contributed by atoms with E-state index in [1.54, 1.807) is 20.3 Å². The summed E-state index contributed by atoms with van der Waals surface area (Å²) in [6.07, 6.45) is 0. The zero-order chi connectivity index (χ0) is 20.1. The number of rotatable bonds is 8. The van der Waals surface area contributed by atoms with Gasteiger partial charge in [0, 0.05) is 11.3 Å². The lowest BCUT2D eigenvalue weighted by molar-refractivity contribution is 0.355. The average molecular weight is 428 g/mol. The van der Waals surface area contributed by atoms with Gasteiger partial charge in [0.1, 0.15) is 0 Å². The van der Waals surface area contributed by atoms with Crippen LogP contribution in [0.1, 0.15) is 5.89 Å². The summed E-state index contributed by atoms with van der Waals surface area (Å²) in [5, 5.41) is 16.3. The van der Waals surface area contributed by atoms with Crippen molar-refractivity contribution < 1.29 is 14.0 Å². The summed E-state index contributed by atoms with van der Waals surface area (Å²) in [7, 11) is 3.18. The van der Waals surface area contributed by atoms with Gasteiger partial charge in [-0.05, 0) is 30.3 Å². The number of hydrogen-bond acceptors (Lipinski definition) is 10. The lowest BCUT2D eigenvalue weighted by atomic mass is 10.2. The molecule has 10 heteroatoms. The van der Waals surface area contributed by atoms with Crippen LogP contribution in [0, 0.1) is 0 Å². The Hall–Kier alpha value is -3.11. The molecule has 0 bridgehead atoms. The SMILES string of the molecule is COc1ccc(-c2noc(CSc3nnc(Nc4ccccc4)s3)n2)cc1OC. The number of ether oxygens (including phenoxy) is 2. The largest absolute Gasteiger partial charge is 0.493 e. The molecular weight excluding hydrogens is 410 g/mol. The van der Waals surface area contributed by atoms with Crippen molar-refractivity contribution in [1.82, 2.24) is 20.3 Å². The number of thioether (sulfide) groups is 1. The van der Waals surface area contributed by atoms with Gasteiger partial charge in [0.15, 0.2) is 15.8 Å². The molecule has 2 aromatic carbocycles. The van der Waals surface area contributed by atoms with Crippen molar-refractivity contribution in [3.05, 3.63) is 54.4 Å². The molecule has 2 heterocycles. The number of hydrogen-bond donors (Lipinski definition) is 1. The molecule has 0 aliphatic heterocycles. The lowest BCUT2D eigenvalue weighted by Crippen LogP contribution is -1.91. The Morgan fingerprint density at radius 1 is 1.03 bits per heavy atom. The van der Waals surface area contributed by atoms with Crippen LogP contribution >= 0.6 is 23.1 Å². The molecule has 0 amide bonds. The highest BCUT2D eigenvalue weighted by Gasteiger charge is 2.13. The molecule has 29 heavy (non-hydrogen) atoms. The number of methoxy groups -OCH3 is 2. The van der Waals surface area contributed by atoms with Crippen LogP contribution in [0.15, 0.2) is 57.4 Å². The first-order chi connectivity index (χ1) is 14.2. The third-order valence-electron chi connectivity index (χ3n) is 3.86. The molecule has 2 aromatic heterocycles. The summed E-state index contributed by atoms with van der Waals surface area (Å²) in [6, 6.07) is 15.3. The molecule has 148 valence electrons. The summed E-state index contributed by atoms with van der Waals surface area (Å²) in [4.78, 5) is 4.45. The molecule has 8 nitrogen and oxygen atoms in total. The van der Waals surface area contributed by atoms with E-state index in [0.29, 0.717) is 29.0 Å². The van der Waals surface area contributed by atoms with Crippen LogP contribution in [0.3, 0.4) is 0 Å². The summed E-state index contributed by atoms with van der Waals surface area (Å²) in [6.45, 7) is 0. The van der Waals surface area contributed by atoms with Crippen LogP contribution in [-0.2, 0) is 5.75 Å². The Kier molecular flexibility index (Phi) is 5.92. The van der Waals surface area contributed by atoms with Gasteiger partial charge in [-0.25, -0.2) is 0 Å². The number of nitrogens with one attached hydrogen (secondary N) is 1. The molecule has 4 aromatic rings. The van der Waals surface area contributed by atoms with Crippen molar-refractivity contribution in [3.8, 4) is 22.9 Å². The van der Waals surface area contributed by atoms with E-state index in [0.717, 1.165) is 20.7 Å². The van der Waals surface area contributed by atoms with Gasteiger partial charge in [0.25, 0.3) is 0 Å². The maximum atomic E-state index is 5.36. The first-order valence-electron chi connectivity index (χ1n) is 8.58. The summed E-state index contributed by atoms with van der Waals surface area (Å²) in [5.41, 5.74) is 1.75. The number of aromatic nitrogens is 4. The van der Waals surface area contributed by atoms with E-state index in [2.05, 4.69) is 25.7 Å². The minimum absolute atomic E-state index is 0.491. The predicted molar refractivity (Wildman–Crippen MR) is 112 cm³/mol. The van der Waals surface area contributed by atoms with Crippen molar-refractivity contribution in [2.75, 3.05) is 19.5 Å². The van der Waals surface area contributed by atoms with Crippen molar-refractivity contribution in [2.45, 2.75) is 10.1 Å². The van der Waals surface area contributed by atoms with Gasteiger partial charge in [-0.1, -0.05) is 46.5 Å². The minimum Gasteiger partial charge on any atom is -0.493 e. The fourth-order valence-corrected chi connectivity index (χ4v) is 4.10. The normalized spacial score (nSPS) is 10.7. The fourth-order valence-electron chi connectivity index (χ4n) is 2.49. The van der Waals surface area contributed by atoms with E-state index in [1.165, 1.54) is 23.1 Å². The highest BCUT2D eigenvalue weighted by molar-refractivity contribution is 8.00. The second-order valence-electron chi connectivity index (χ2n) is 5.73. The van der Waals surface area contributed by atoms with Crippen LogP contribution in [0.25, 0.3) is 11.4 Å². The Morgan fingerprint density at radius 2 is 1.86 bits per heavy atom. The smallest absolute Gasteiger partial charge is 0.237 e. The molecule has 4 rings (SSSR count). The molecule has 0 saturated heterocycles. The number of benzene rings is 2. The van der Waals surface area contributed by atoms with Crippen molar-refractivity contribution >= 4 is 33.9 Å². The fraction of sp³-hybridized carbons (Fsp3) is 0.158. The molecule has 0 radical (unpaired) electrons. The molecule has 0 aliphatic rings. The van der Waals surface area contributed by atoms with Gasteiger partial charge in [0.2, 0.25) is 16.8 Å². The van der Waals surface area contributed by atoms with Crippen LogP contribution in [-0.4, -0.2) is 34.6 Å². The van der Waals surface area contributed by atoms with E-state index in [4.69, 9.17) is 14.0 Å². The first kappa shape index (κ1) is 19.2. The minimum atomic E-state index is 0.491. The third kappa shape index (κ3) is 4.66. The second-order valence-corrected chi connectivity index (χ2v) is 7.93. The molecule has 0 atom stereocenters. The quantitative estimate of drug-likeness (QED) is 0.403. The molecule has 1 N–H and O–H groups in total. The predicted octanol–water partition coefficient (Wildman–Crippen LogP) is 4.64. The maximum Gasteiger partial charge on any atom is 0.237 e. The van der Waals surface area contributed by atoms with E-state index in [1.807, 2.05) is 42.5 Å². The van der Waals surface area contributed by atoms with Crippen LogP contribution in [0.5, 0.6) is 11.5 Å². The summed E-state index contributed by atoms with van der Waals surface area (Å²) in [5.74, 6) is 2.75. The Morgan fingerprint density at radius 3 is 2.66 bits per heavy atom. The first-order valence-corrected chi connectivity index (χ1v) is 10.4. The molecular formula is C19H17N5O3S2. The zero-order valence-electron chi connectivity index (χ0n) is 15.7. The van der Waals surface area contributed by atoms with E-state index < -0.39 is 0 Å². The molecule has 0 fully saturated rings. The summed E-state index contributed by atoms with van der Waals surface area (Å²) < 4.78 is 16.7. The van der Waals surface area contributed by atoms with Crippen molar-refractivity contribution in [1.29, 1.82) is 0 Å². The maximum absolute atomic E-state index is 5.36. The number of para-hydroxylation sites is 1. The van der Waals surface area contributed by atoms with Crippen LogP contribution in [0.2, 0.25) is 0 Å². The number of anilines is 2. The van der Waals surface area contributed by atoms with Gasteiger partial charge >= 0.3 is 0 Å². The second kappa shape index (κ2) is 8.93. The molecule has 0 saturated carbocycles. The highest BCUT2D eigenvalue weighted by Crippen LogP contribution is 2.32. The lowest BCUT2D eigenvalue weighted by Gasteiger charge is -2.07. The van der Waals surface area contributed by atoms with Gasteiger partial charge in [-0.3, -0.25) is 0 Å². The van der Waals surface area contributed by atoms with Crippen molar-refractivity contribution in [2.24, 2.45) is 0 Å². The van der Waals surface area contributed by atoms with Gasteiger partial charge in [0.05, 0.1) is 20.0 Å². The van der Waals surface area contributed by atoms with Crippen LogP contribution < -0.4 is 14.8 Å². The Labute approximate surface area is 175 Å². The Balaban J connectivity index is 1.39. The standard InChI is InChI=1S/C19H17N5O3S2/c1-25-14-9-8-12(10-15(14)26-2)17-21-16(27-24-17)11-28-19-23-22-18(29-19)20-13-6-4-3-5-7-13/h3-10H,11H2,1-2H3,(H,20,22). The van der Waals surface area contributed by atoms with Crippen LogP contribution in [0.4, 0.5) is 10.8 Å². The van der Waals surface area contributed by atoms with Gasteiger partial charge in [-0.15, -0.1) is 10.2 Å². The summed E-state index contributed by atoms with van der Waals surface area (Å²) >= 11 is 2.96. The van der Waals surface area contributed by atoms with E-state index in [-0.39, 0.29) is 0 Å². The van der Waals surface area contributed by atoms with Gasteiger partial charge < -0.3 is 19.3 Å². The molecule has 0 aliphatic carbocycles. The topological polar surface area (TPSA) is 95.2 Å². The van der Waals surface area contributed by atoms with E-state index >= 15 is 0 Å². The average Bonchev–Trinajstić information content (AvgIpc) is 3.42. The number of nitrogens with zero attached hydrogens (tertiary/aromatic N) is 4. The zero-order valence-corrected chi connectivity index (χ0v) is 17.3. The Bertz CT molecular complexity index is 1080. The highest BCUT2D eigenvalue weighted by atomic mass is 32.2. The third-order valence-corrected chi connectivity index (χ3v) is 5.82. The molecule has 0 unspecified atom stereocenters. The van der Waals surface area contributed by atoms with Crippen molar-refractivity contribution in [3.63, 3.8) is 0 Å².